The van der Waals surface area contributed by atoms with Gasteiger partial charge < -0.3 is 9.53 Å². The molecule has 2 aromatic rings. The fourth-order valence-corrected chi connectivity index (χ4v) is 8.53. The van der Waals surface area contributed by atoms with E-state index in [2.05, 4.69) is 98.0 Å². The lowest BCUT2D eigenvalue weighted by atomic mass is 9.70. The molecule has 0 bridgehead atoms. The van der Waals surface area contributed by atoms with E-state index in [-0.39, 0.29) is 16.6 Å². The van der Waals surface area contributed by atoms with Crippen molar-refractivity contribution in [3.8, 4) is 0 Å². The molecule has 3 atom stereocenters. The second-order valence-electron chi connectivity index (χ2n) is 15.9. The number of nitrogens with zero attached hydrogens (tertiary/aromatic N) is 1. The average Bonchev–Trinajstić information content (AvgIpc) is 3.60. The molecule has 0 aliphatic heterocycles. The molecule has 5 rings (SSSR count). The molecule has 1 aromatic carbocycles. The summed E-state index contributed by atoms with van der Waals surface area (Å²) in [5.74, 6) is 1.20. The maximum atomic E-state index is 12.4. The van der Waals surface area contributed by atoms with Crippen molar-refractivity contribution < 1.29 is 9.53 Å². The van der Waals surface area contributed by atoms with Crippen molar-refractivity contribution in [3.05, 3.63) is 75.6 Å². The van der Waals surface area contributed by atoms with E-state index in [0.29, 0.717) is 17.8 Å². The first-order valence-electron chi connectivity index (χ1n) is 16.4. The van der Waals surface area contributed by atoms with Crippen molar-refractivity contribution in [1.82, 2.24) is 4.98 Å². The van der Waals surface area contributed by atoms with E-state index in [1.54, 1.807) is 0 Å². The van der Waals surface area contributed by atoms with Gasteiger partial charge in [0.15, 0.2) is 8.32 Å². The number of hydrogen-bond acceptors (Lipinski definition) is 3. The Morgan fingerprint density at radius 2 is 1.61 bits per heavy atom. The smallest absolute Gasteiger partial charge is 0.192 e. The zero-order chi connectivity index (χ0) is 29.7. The Hall–Kier alpha value is -1.75. The Morgan fingerprint density at radius 3 is 2.17 bits per heavy atom. The molecule has 3 aliphatic rings. The van der Waals surface area contributed by atoms with Gasteiger partial charge in [0.2, 0.25) is 0 Å². The van der Waals surface area contributed by atoms with Gasteiger partial charge in [-0.15, -0.1) is 0 Å². The Kier molecular flexibility index (Phi) is 8.53. The number of aromatic nitrogens is 1. The minimum absolute atomic E-state index is 0.0121. The van der Waals surface area contributed by atoms with Gasteiger partial charge in [-0.05, 0) is 84.7 Å². The van der Waals surface area contributed by atoms with Crippen molar-refractivity contribution in [3.63, 3.8) is 0 Å². The molecular weight excluding hydrogens is 518 g/mol. The van der Waals surface area contributed by atoms with Crippen LogP contribution < -0.4 is 0 Å². The molecule has 224 valence electrons. The number of hydrogen-bond donors (Lipinski definition) is 1. The van der Waals surface area contributed by atoms with E-state index in [0.717, 1.165) is 36.8 Å². The van der Waals surface area contributed by atoms with Crippen molar-refractivity contribution in [2.24, 2.45) is 5.41 Å². The molecule has 3 aliphatic carbocycles. The standard InChI is InChI=1S/C37H55NO2Si/c1-24(2)25-18-20-28(21-19-25)35(39)33-31(26-14-10-11-15-26)32-29(38-34(33)27-16-12-13-17-27)22-37(6,7)23-30(32)40-41(8,9)36(3,4)5/h10,14,18-21,24,26-27,30,35,39H,11-13,15-17,22-23H2,1-9H3/t26?,30?,35-/m0/s1. The van der Waals surface area contributed by atoms with Crippen LogP contribution in [0.3, 0.4) is 0 Å². The molecule has 1 saturated carbocycles. The second-order valence-corrected chi connectivity index (χ2v) is 20.7. The second kappa shape index (κ2) is 11.4. The number of aliphatic hydroxyl groups is 1. The summed E-state index contributed by atoms with van der Waals surface area (Å²) in [6, 6.07) is 8.70. The number of pyridine rings is 1. The summed E-state index contributed by atoms with van der Waals surface area (Å²) in [5.41, 5.74) is 8.61. The summed E-state index contributed by atoms with van der Waals surface area (Å²) in [6.07, 6.45) is 13.1. The Balaban J connectivity index is 1.75. The van der Waals surface area contributed by atoms with E-state index >= 15 is 0 Å². The van der Waals surface area contributed by atoms with Crippen LogP contribution in [0.2, 0.25) is 18.1 Å². The lowest BCUT2D eigenvalue weighted by Gasteiger charge is -2.45. The normalized spacial score (nSPS) is 23.8. The SMILES string of the molecule is CC(C)c1ccc([C@H](O)c2c(C3CCCC3)nc3c(c2C2C=CCC2)C(O[Si](C)(C)C(C)(C)C)CC(C)(C)C3)cc1. The first kappa shape index (κ1) is 30.7. The van der Waals surface area contributed by atoms with Gasteiger partial charge in [-0.1, -0.05) is 97.7 Å². The van der Waals surface area contributed by atoms with E-state index in [1.165, 1.54) is 53.8 Å². The molecule has 3 nitrogen and oxygen atoms in total. The third-order valence-corrected chi connectivity index (χ3v) is 15.2. The van der Waals surface area contributed by atoms with Gasteiger partial charge >= 0.3 is 0 Å². The van der Waals surface area contributed by atoms with Crippen molar-refractivity contribution in [1.29, 1.82) is 0 Å². The molecular formula is C37H55NO2Si. The van der Waals surface area contributed by atoms with Crippen LogP contribution in [0, 0.1) is 5.41 Å². The van der Waals surface area contributed by atoms with Crippen LogP contribution in [0.1, 0.15) is 163 Å². The van der Waals surface area contributed by atoms with E-state index in [4.69, 9.17) is 9.41 Å². The van der Waals surface area contributed by atoms with E-state index in [1.807, 2.05) is 0 Å². The number of rotatable bonds is 7. The van der Waals surface area contributed by atoms with Crippen LogP contribution in [0.25, 0.3) is 0 Å². The molecule has 0 spiro atoms. The summed E-state index contributed by atoms with van der Waals surface area (Å²) >= 11 is 0. The summed E-state index contributed by atoms with van der Waals surface area (Å²) in [6.45, 7) is 21.0. The van der Waals surface area contributed by atoms with Gasteiger partial charge in [-0.25, -0.2) is 0 Å². The van der Waals surface area contributed by atoms with Crippen molar-refractivity contribution in [2.45, 2.75) is 148 Å². The monoisotopic (exact) mass is 573 g/mol. The number of benzene rings is 1. The van der Waals surface area contributed by atoms with Gasteiger partial charge in [0.05, 0.1) is 11.8 Å². The molecule has 0 radical (unpaired) electrons. The summed E-state index contributed by atoms with van der Waals surface area (Å²) in [5, 5.41) is 12.5. The minimum Gasteiger partial charge on any atom is -0.410 e. The van der Waals surface area contributed by atoms with Crippen molar-refractivity contribution in [2.75, 3.05) is 0 Å². The van der Waals surface area contributed by atoms with Crippen LogP contribution in [-0.2, 0) is 10.8 Å². The van der Waals surface area contributed by atoms with Gasteiger partial charge in [0, 0.05) is 28.7 Å². The highest BCUT2D eigenvalue weighted by molar-refractivity contribution is 6.74. The zero-order valence-corrected chi connectivity index (χ0v) is 28.3. The van der Waals surface area contributed by atoms with Gasteiger partial charge in [-0.3, -0.25) is 4.98 Å². The average molecular weight is 574 g/mol. The third-order valence-electron chi connectivity index (χ3n) is 10.7. The van der Waals surface area contributed by atoms with Gasteiger partial charge in [0.25, 0.3) is 0 Å². The van der Waals surface area contributed by atoms with Gasteiger partial charge in [0.1, 0.15) is 6.10 Å². The molecule has 1 N–H and O–H groups in total. The number of aliphatic hydroxyl groups excluding tert-OH is 1. The topological polar surface area (TPSA) is 42.4 Å². The molecule has 0 amide bonds. The van der Waals surface area contributed by atoms with Crippen molar-refractivity contribution >= 4 is 8.32 Å². The fourth-order valence-electron chi connectivity index (χ4n) is 7.26. The molecule has 4 heteroatoms. The highest BCUT2D eigenvalue weighted by atomic mass is 28.4. The molecule has 1 aromatic heterocycles. The Morgan fingerprint density at radius 1 is 0.976 bits per heavy atom. The maximum Gasteiger partial charge on any atom is 0.192 e. The largest absolute Gasteiger partial charge is 0.410 e. The molecule has 0 saturated heterocycles. The first-order chi connectivity index (χ1) is 19.2. The fraction of sp³-hybridized carbons (Fsp3) is 0.649. The summed E-state index contributed by atoms with van der Waals surface area (Å²) in [7, 11) is -2.06. The van der Waals surface area contributed by atoms with Crippen LogP contribution >= 0.6 is 0 Å². The highest BCUT2D eigenvalue weighted by Gasteiger charge is 2.45. The van der Waals surface area contributed by atoms with Crippen LogP contribution in [-0.4, -0.2) is 18.4 Å². The Labute approximate surface area is 251 Å². The summed E-state index contributed by atoms with van der Waals surface area (Å²) in [4.78, 5) is 5.61. The lowest BCUT2D eigenvalue weighted by Crippen LogP contribution is -2.44. The number of allylic oxidation sites excluding steroid dienone is 2. The van der Waals surface area contributed by atoms with Crippen LogP contribution in [0.4, 0.5) is 0 Å². The Bertz CT molecular complexity index is 1260. The van der Waals surface area contributed by atoms with E-state index < -0.39 is 14.4 Å². The molecule has 1 heterocycles. The summed E-state index contributed by atoms with van der Waals surface area (Å²) < 4.78 is 7.35. The molecule has 1 fully saturated rings. The van der Waals surface area contributed by atoms with Gasteiger partial charge in [-0.2, -0.15) is 0 Å². The predicted molar refractivity (Wildman–Crippen MR) is 174 cm³/mol. The molecule has 2 unspecified atom stereocenters. The van der Waals surface area contributed by atoms with Crippen LogP contribution in [0.5, 0.6) is 0 Å². The predicted octanol–water partition coefficient (Wildman–Crippen LogP) is 10.4. The van der Waals surface area contributed by atoms with Crippen LogP contribution in [0.15, 0.2) is 36.4 Å². The zero-order valence-electron chi connectivity index (χ0n) is 27.3. The third kappa shape index (κ3) is 6.17. The molecule has 41 heavy (non-hydrogen) atoms. The number of fused-ring (bicyclic) bond motifs is 1. The maximum absolute atomic E-state index is 12.4. The lowest BCUT2D eigenvalue weighted by molar-refractivity contribution is 0.104. The highest BCUT2D eigenvalue weighted by Crippen LogP contribution is 2.53. The quantitative estimate of drug-likeness (QED) is 0.265. The first-order valence-corrected chi connectivity index (χ1v) is 19.3. The van der Waals surface area contributed by atoms with E-state index in [9.17, 15) is 5.11 Å². The minimum atomic E-state index is -2.06.